The highest BCUT2D eigenvalue weighted by atomic mass is 16.5. The number of esters is 1. The lowest BCUT2D eigenvalue weighted by Gasteiger charge is -2.61. The third-order valence-electron chi connectivity index (χ3n) is 14.4. The average Bonchev–Trinajstić information content (AvgIpc) is 3.54. The Morgan fingerprint density at radius 3 is 2.15 bits per heavy atom. The summed E-state index contributed by atoms with van der Waals surface area (Å²) in [7, 11) is 1.39. The van der Waals surface area contributed by atoms with Crippen LogP contribution in [0.3, 0.4) is 0 Å². The number of fused-ring (bicyclic) bond motifs is 5. The van der Waals surface area contributed by atoms with Crippen LogP contribution in [0.5, 0.6) is 0 Å². The molecule has 8 unspecified atom stereocenters. The van der Waals surface area contributed by atoms with Gasteiger partial charge in [-0.3, -0.25) is 4.79 Å². The van der Waals surface area contributed by atoms with E-state index in [-0.39, 0.29) is 11.9 Å². The van der Waals surface area contributed by atoms with Gasteiger partial charge in [0.25, 0.3) is 0 Å². The van der Waals surface area contributed by atoms with E-state index < -0.39 is 6.04 Å². The smallest absolute Gasteiger partial charge is 0.328 e. The molecule has 0 aliphatic heterocycles. The molecule has 0 heterocycles. The van der Waals surface area contributed by atoms with Crippen molar-refractivity contribution in [3.63, 3.8) is 0 Å². The zero-order valence-corrected chi connectivity index (χ0v) is 35.8. The predicted octanol–water partition coefficient (Wildman–Crippen LogP) is 8.12. The maximum Gasteiger partial charge on any atom is 0.328 e. The number of benzene rings is 1. The van der Waals surface area contributed by atoms with Crippen LogP contribution in [0, 0.1) is 40.4 Å². The molecule has 0 saturated heterocycles. The summed E-state index contributed by atoms with van der Waals surface area (Å²) in [6.07, 6.45) is 18.6. The Hall–Kier alpha value is -2.00. The van der Waals surface area contributed by atoms with Crippen LogP contribution in [0.4, 0.5) is 0 Å². The van der Waals surface area contributed by atoms with Crippen molar-refractivity contribution >= 4 is 11.9 Å². The molecule has 0 bridgehead atoms. The summed E-state index contributed by atoms with van der Waals surface area (Å²) in [6, 6.07) is 9.87. The van der Waals surface area contributed by atoms with Gasteiger partial charge in [-0.15, -0.1) is 0 Å². The van der Waals surface area contributed by atoms with E-state index in [0.29, 0.717) is 35.6 Å². The summed E-state index contributed by atoms with van der Waals surface area (Å²) in [5.74, 6) is 3.73. The highest BCUT2D eigenvalue weighted by Gasteiger charge is 2.59. The summed E-state index contributed by atoms with van der Waals surface area (Å²) in [4.78, 5) is 28.0. The Morgan fingerprint density at radius 1 is 0.833 bits per heavy atom. The number of methoxy groups -OCH3 is 1. The van der Waals surface area contributed by atoms with E-state index in [1.807, 2.05) is 58.0 Å². The van der Waals surface area contributed by atoms with E-state index in [1.165, 1.54) is 71.3 Å². The second-order valence-corrected chi connectivity index (χ2v) is 17.1. The molecule has 6 N–H and O–H groups in total. The van der Waals surface area contributed by atoms with Crippen LogP contribution in [-0.4, -0.2) is 75.2 Å². The minimum absolute atomic E-state index is 0.0388. The Bertz CT molecular complexity index is 1190. The minimum Gasteiger partial charge on any atom is -0.467 e. The van der Waals surface area contributed by atoms with Gasteiger partial charge in [0.1, 0.15) is 6.04 Å². The minimum atomic E-state index is -0.644. The van der Waals surface area contributed by atoms with Gasteiger partial charge < -0.3 is 31.7 Å². The molecule has 8 nitrogen and oxygen atoms in total. The molecule has 54 heavy (non-hydrogen) atoms. The van der Waals surface area contributed by atoms with Crippen molar-refractivity contribution in [2.75, 3.05) is 46.4 Å². The fourth-order valence-electron chi connectivity index (χ4n) is 11.6. The van der Waals surface area contributed by atoms with Gasteiger partial charge in [-0.1, -0.05) is 71.9 Å². The summed E-state index contributed by atoms with van der Waals surface area (Å²) >= 11 is 0. The zero-order chi connectivity index (χ0) is 39.6. The van der Waals surface area contributed by atoms with Gasteiger partial charge in [0.15, 0.2) is 0 Å². The fraction of sp³-hybridized carbons (Fsp3) is 0.826. The second kappa shape index (κ2) is 23.9. The van der Waals surface area contributed by atoms with E-state index in [0.717, 1.165) is 94.2 Å². The molecule has 4 aliphatic carbocycles. The highest BCUT2D eigenvalue weighted by molar-refractivity contribution is 5.84. The molecule has 310 valence electrons. The quantitative estimate of drug-likeness (QED) is 0.0832. The normalized spacial score (nSPS) is 30.3. The molecule has 9 atom stereocenters. The first-order chi connectivity index (χ1) is 26.2. The number of nitrogens with one attached hydrogen (secondary N) is 2. The average molecular weight is 754 g/mol. The van der Waals surface area contributed by atoms with E-state index in [2.05, 4.69) is 29.4 Å². The molecule has 1 aromatic rings. The van der Waals surface area contributed by atoms with Crippen molar-refractivity contribution in [2.45, 2.75) is 156 Å². The van der Waals surface area contributed by atoms with Crippen LogP contribution >= 0.6 is 0 Å². The Labute approximate surface area is 331 Å². The molecule has 4 saturated carbocycles. The van der Waals surface area contributed by atoms with Crippen LogP contribution in [0.25, 0.3) is 0 Å². The molecule has 4 aliphatic rings. The fourth-order valence-corrected chi connectivity index (χ4v) is 11.6. The first kappa shape index (κ1) is 46.4. The van der Waals surface area contributed by atoms with E-state index >= 15 is 0 Å². The lowest BCUT2D eigenvalue weighted by Crippen LogP contribution is -2.55. The van der Waals surface area contributed by atoms with Crippen LogP contribution < -0.4 is 22.1 Å². The van der Waals surface area contributed by atoms with Gasteiger partial charge in [-0.25, -0.2) is 4.79 Å². The van der Waals surface area contributed by atoms with Crippen molar-refractivity contribution in [1.29, 1.82) is 0 Å². The topological polar surface area (TPSA) is 123 Å². The molecule has 0 spiro atoms. The number of hydrogen-bond acceptors (Lipinski definition) is 7. The van der Waals surface area contributed by atoms with Crippen LogP contribution in [0.2, 0.25) is 0 Å². The molecule has 4 fully saturated rings. The number of amides is 1. The predicted molar refractivity (Wildman–Crippen MR) is 226 cm³/mol. The number of hydrogen-bond donors (Lipinski definition) is 4. The molecule has 8 heteroatoms. The molecule has 0 aromatic heterocycles. The lowest BCUT2D eigenvalue weighted by atomic mass is 9.44. The monoisotopic (exact) mass is 754 g/mol. The first-order valence-electron chi connectivity index (χ1n) is 22.5. The van der Waals surface area contributed by atoms with Gasteiger partial charge >= 0.3 is 5.97 Å². The molecular weight excluding hydrogens is 671 g/mol. The van der Waals surface area contributed by atoms with Gasteiger partial charge in [0.2, 0.25) is 5.91 Å². The molecule has 0 radical (unpaired) electrons. The number of carbonyl (C=O) groups excluding carboxylic acids is 2. The third-order valence-corrected chi connectivity index (χ3v) is 14.4. The Balaban J connectivity index is 0.00000190. The second-order valence-electron chi connectivity index (χ2n) is 17.1. The molecular formula is C46H83N5O3. The van der Waals surface area contributed by atoms with E-state index in [9.17, 15) is 9.59 Å². The number of nitrogens with two attached hydrogens (primary N) is 2. The summed E-state index contributed by atoms with van der Waals surface area (Å²) < 4.78 is 5.01. The van der Waals surface area contributed by atoms with E-state index in [1.54, 1.807) is 0 Å². The number of nitrogens with zero attached hydrogens (tertiary/aromatic N) is 1. The van der Waals surface area contributed by atoms with Crippen molar-refractivity contribution in [3.8, 4) is 0 Å². The van der Waals surface area contributed by atoms with Gasteiger partial charge in [-0.2, -0.15) is 0 Å². The van der Waals surface area contributed by atoms with Crippen LogP contribution in [0.1, 0.15) is 143 Å². The Morgan fingerprint density at radius 2 is 1.48 bits per heavy atom. The molecule has 1 aromatic carbocycles. The number of ether oxygens (including phenoxy) is 1. The van der Waals surface area contributed by atoms with E-state index in [4.69, 9.17) is 16.2 Å². The molecule has 5 rings (SSSR count). The lowest BCUT2D eigenvalue weighted by molar-refractivity contribution is -0.145. The standard InChI is InChI=1S/C42H71N5O3.2C2H6/c1-41-22-20-37-35(17-15-33-30-34(19-21-42(33,37)2)45-25-10-28-47(26-8-23-43)27-9-24-44)36(41)18-16-32(41)13-7-14-39(48)46-38(40(49)50-3)29-31-11-5-4-6-12-31;2*1-2/h4-6,11-12,32-38,45H,7-10,13-30,43-44H2,1-3H3,(H,46,48);2*1-2H3/t32?,33?,34?,35?,36?,37?,38-,41?,42?;;/m0../s1. The first-order valence-corrected chi connectivity index (χ1v) is 22.5. The largest absolute Gasteiger partial charge is 0.467 e. The maximum atomic E-state index is 13.0. The highest BCUT2D eigenvalue weighted by Crippen LogP contribution is 2.67. The SMILES string of the molecule is CC.CC.COC(=O)[C@H](Cc1ccccc1)NC(=O)CCCC1CCC2C3CCC4CC(NCCCN(CCCN)CCCN)CCC4(C)C3CCC12C. The number of carbonyl (C=O) groups is 2. The van der Waals surface area contributed by atoms with Crippen molar-refractivity contribution < 1.29 is 14.3 Å². The zero-order valence-electron chi connectivity index (χ0n) is 35.8. The van der Waals surface area contributed by atoms with Crippen LogP contribution in [0.15, 0.2) is 30.3 Å². The van der Waals surface area contributed by atoms with Crippen molar-refractivity contribution in [1.82, 2.24) is 15.5 Å². The third kappa shape index (κ3) is 12.2. The number of rotatable bonds is 19. The van der Waals surface area contributed by atoms with Crippen molar-refractivity contribution in [2.24, 2.45) is 51.9 Å². The van der Waals surface area contributed by atoms with Crippen LogP contribution in [-0.2, 0) is 20.7 Å². The van der Waals surface area contributed by atoms with Gasteiger partial charge in [0, 0.05) is 18.9 Å². The van der Waals surface area contributed by atoms with Crippen molar-refractivity contribution in [3.05, 3.63) is 35.9 Å². The summed E-state index contributed by atoms with van der Waals surface area (Å²) in [5, 5.41) is 6.97. The summed E-state index contributed by atoms with van der Waals surface area (Å²) in [5.41, 5.74) is 13.5. The van der Waals surface area contributed by atoms with Gasteiger partial charge in [0.05, 0.1) is 7.11 Å². The molecule has 1 amide bonds. The Kier molecular flexibility index (Phi) is 20.6. The summed E-state index contributed by atoms with van der Waals surface area (Å²) in [6.45, 7) is 19.3. The van der Waals surface area contributed by atoms with Gasteiger partial charge in [-0.05, 0) is 175 Å². The maximum absolute atomic E-state index is 13.0.